The van der Waals surface area contributed by atoms with Crippen molar-refractivity contribution in [2.75, 3.05) is 12.7 Å². The highest BCUT2D eigenvalue weighted by Crippen LogP contribution is 2.45. The molecule has 2 fully saturated rings. The lowest BCUT2D eigenvalue weighted by atomic mass is 9.84. The van der Waals surface area contributed by atoms with E-state index in [1.54, 1.807) is 13.0 Å². The van der Waals surface area contributed by atoms with Crippen LogP contribution in [0.1, 0.15) is 76.9 Å². The molecule has 0 saturated carbocycles. The van der Waals surface area contributed by atoms with Gasteiger partial charge in [0.15, 0.2) is 0 Å². The number of hydrogen-bond acceptors (Lipinski definition) is 10. The minimum Gasteiger partial charge on any atom is -0.458 e. The molecule has 2 aliphatic heterocycles. The summed E-state index contributed by atoms with van der Waals surface area (Å²) in [4.78, 5) is 39.8. The summed E-state index contributed by atoms with van der Waals surface area (Å²) >= 11 is 1.34. The molecule has 0 bridgehead atoms. The average molecular weight is 602 g/mol. The molecule has 13 heteroatoms. The molecule has 1 unspecified atom stereocenters. The summed E-state index contributed by atoms with van der Waals surface area (Å²) in [5.74, 6) is -1.65. The molecule has 0 aliphatic carbocycles. The number of aromatic nitrogens is 1. The van der Waals surface area contributed by atoms with Crippen LogP contribution in [0.15, 0.2) is 11.0 Å². The number of hydrogen-bond donors (Lipinski definition) is 5. The van der Waals surface area contributed by atoms with Gasteiger partial charge in [-0.15, -0.1) is 11.3 Å². The van der Waals surface area contributed by atoms with E-state index in [1.165, 1.54) is 11.3 Å². The number of aliphatic hydroxyl groups excluding tert-OH is 2. The monoisotopic (exact) mass is 601 g/mol. The predicted octanol–water partition coefficient (Wildman–Crippen LogP) is 2.77. The Balaban J connectivity index is 1.74. The van der Waals surface area contributed by atoms with Gasteiger partial charge in [-0.3, -0.25) is 14.2 Å². The SMILES string of the molecule is C/C(=C\c1csc(CNP(=O)(O)CCN)n1)[C@H]1C[C@H]2O[C@@]2(C)CCC[C@@H](C)[C@@H](O)[C@H](C)C(=O)C[C@H](O)CC(=O)O1. The first-order chi connectivity index (χ1) is 18.7. The van der Waals surface area contributed by atoms with E-state index in [0.717, 1.165) is 24.8 Å². The number of fused-ring (bicyclic) bond motifs is 1. The highest BCUT2D eigenvalue weighted by molar-refractivity contribution is 7.55. The number of nitrogens with two attached hydrogens (primary N) is 1. The van der Waals surface area contributed by atoms with Crippen molar-refractivity contribution in [1.82, 2.24) is 10.1 Å². The molecule has 2 aliphatic rings. The molecular weight excluding hydrogens is 557 g/mol. The van der Waals surface area contributed by atoms with Gasteiger partial charge in [-0.25, -0.2) is 10.1 Å². The number of rotatable bonds is 7. The van der Waals surface area contributed by atoms with Gasteiger partial charge in [0.05, 0.1) is 48.7 Å². The lowest BCUT2D eigenvalue weighted by Gasteiger charge is -2.25. The lowest BCUT2D eigenvalue weighted by Crippen LogP contribution is -2.34. The van der Waals surface area contributed by atoms with Gasteiger partial charge in [0, 0.05) is 30.7 Å². The summed E-state index contributed by atoms with van der Waals surface area (Å²) in [6.45, 7) is 7.67. The first-order valence-corrected chi connectivity index (χ1v) is 16.6. The number of thiazole rings is 1. The molecular formula is C27H44N3O8PS. The van der Waals surface area contributed by atoms with Gasteiger partial charge in [0.1, 0.15) is 16.9 Å². The average Bonchev–Trinajstić information content (AvgIpc) is 3.27. The van der Waals surface area contributed by atoms with Crippen molar-refractivity contribution in [3.05, 3.63) is 21.7 Å². The summed E-state index contributed by atoms with van der Waals surface area (Å²) in [5.41, 5.74) is 6.38. The van der Waals surface area contributed by atoms with Crippen molar-refractivity contribution in [3.63, 3.8) is 0 Å². The van der Waals surface area contributed by atoms with E-state index in [0.29, 0.717) is 17.1 Å². The Hall–Kier alpha value is -1.50. The second-order valence-corrected chi connectivity index (χ2v) is 14.5. The Morgan fingerprint density at radius 3 is 2.75 bits per heavy atom. The zero-order valence-corrected chi connectivity index (χ0v) is 25.5. The standard InChI is InChI=1S/C27H44N3O8PS/c1-16-6-5-7-27(4)23(38-27)13-22(37-25(33)12-20(31)11-21(32)18(3)26(16)34)17(2)10-19-15-40-24(30-19)14-29-39(35,36)9-8-28/h10,15-16,18,20,22-23,26,31,34H,5-9,11-14,28H2,1-4H3,(H2,29,35,36)/b17-10+/t16-,18-,20+,22-,23-,26-,27+/m1/s1. The van der Waals surface area contributed by atoms with Gasteiger partial charge < -0.3 is 30.3 Å². The second kappa shape index (κ2) is 14.1. The lowest BCUT2D eigenvalue weighted by molar-refractivity contribution is -0.150. The molecule has 0 radical (unpaired) electrons. The Kier molecular flexibility index (Phi) is 11.6. The van der Waals surface area contributed by atoms with Crippen molar-refractivity contribution in [3.8, 4) is 0 Å². The van der Waals surface area contributed by atoms with Crippen molar-refractivity contribution >= 4 is 36.7 Å². The Labute approximate surface area is 240 Å². The van der Waals surface area contributed by atoms with Crippen LogP contribution in [0.2, 0.25) is 0 Å². The number of epoxide rings is 1. The van der Waals surface area contributed by atoms with Gasteiger partial charge in [0.25, 0.3) is 7.52 Å². The summed E-state index contributed by atoms with van der Waals surface area (Å²) in [7, 11) is -3.52. The van der Waals surface area contributed by atoms with Crippen LogP contribution in [0.25, 0.3) is 6.08 Å². The number of ether oxygens (including phenoxy) is 2. The molecule has 6 N–H and O–H groups in total. The topological polar surface area (TPSA) is 185 Å². The van der Waals surface area contributed by atoms with Crippen LogP contribution >= 0.6 is 18.9 Å². The maximum atomic E-state index is 12.8. The molecule has 3 heterocycles. The smallest absolute Gasteiger partial charge is 0.309 e. The zero-order chi connectivity index (χ0) is 29.7. The maximum absolute atomic E-state index is 12.8. The molecule has 8 atom stereocenters. The highest BCUT2D eigenvalue weighted by Gasteiger charge is 2.52. The van der Waals surface area contributed by atoms with Crippen LogP contribution in [-0.2, 0) is 30.2 Å². The van der Waals surface area contributed by atoms with E-state index in [9.17, 15) is 29.3 Å². The first-order valence-electron chi connectivity index (χ1n) is 13.9. The van der Waals surface area contributed by atoms with Crippen LogP contribution in [0.4, 0.5) is 0 Å². The van der Waals surface area contributed by atoms with Crippen molar-refractivity contribution in [1.29, 1.82) is 0 Å². The molecule has 1 aromatic rings. The van der Waals surface area contributed by atoms with E-state index in [2.05, 4.69) is 10.1 Å². The number of esters is 1. The molecule has 1 aromatic heterocycles. The van der Waals surface area contributed by atoms with E-state index >= 15 is 0 Å². The molecule has 40 heavy (non-hydrogen) atoms. The fourth-order valence-electron chi connectivity index (χ4n) is 5.09. The third-order valence-corrected chi connectivity index (χ3v) is 10.3. The molecule has 3 rings (SSSR count). The number of nitrogens with zero attached hydrogens (tertiary/aromatic N) is 1. The van der Waals surface area contributed by atoms with Crippen LogP contribution in [0.5, 0.6) is 0 Å². The quantitative estimate of drug-likeness (QED) is 0.176. The fraction of sp³-hybridized carbons (Fsp3) is 0.741. The zero-order valence-electron chi connectivity index (χ0n) is 23.7. The largest absolute Gasteiger partial charge is 0.458 e. The first kappa shape index (κ1) is 33.0. The molecule has 0 spiro atoms. The Morgan fingerprint density at radius 2 is 2.05 bits per heavy atom. The Morgan fingerprint density at radius 1 is 1.32 bits per heavy atom. The van der Waals surface area contributed by atoms with E-state index in [-0.39, 0.29) is 55.5 Å². The normalized spacial score (nSPS) is 34.5. The van der Waals surface area contributed by atoms with Crippen LogP contribution < -0.4 is 10.8 Å². The number of carbonyl (C=O) groups is 2. The highest BCUT2D eigenvalue weighted by atomic mass is 32.1. The molecule has 226 valence electrons. The number of aliphatic hydroxyl groups is 2. The second-order valence-electron chi connectivity index (χ2n) is 11.4. The minimum atomic E-state index is -3.52. The summed E-state index contributed by atoms with van der Waals surface area (Å²) < 4.78 is 23.9. The summed E-state index contributed by atoms with van der Waals surface area (Å²) in [6.07, 6.45) is 1.20. The van der Waals surface area contributed by atoms with Crippen LogP contribution in [-0.4, -0.2) is 74.6 Å². The van der Waals surface area contributed by atoms with E-state index in [4.69, 9.17) is 15.2 Å². The van der Waals surface area contributed by atoms with Crippen molar-refractivity contribution in [2.45, 2.75) is 103 Å². The number of cyclic esters (lactones) is 1. The number of carbonyl (C=O) groups excluding carboxylic acids is 2. The number of Topliss-reactive ketones (excluding diaryl/α,β-unsaturated/α-hetero) is 1. The molecule has 11 nitrogen and oxygen atoms in total. The van der Waals surface area contributed by atoms with Crippen LogP contribution in [0.3, 0.4) is 0 Å². The fourth-order valence-corrected chi connectivity index (χ4v) is 6.80. The third-order valence-electron chi connectivity index (χ3n) is 7.87. The summed E-state index contributed by atoms with van der Waals surface area (Å²) in [6, 6.07) is 0. The van der Waals surface area contributed by atoms with Crippen LogP contribution in [0, 0.1) is 11.8 Å². The number of ketones is 1. The predicted molar refractivity (Wildman–Crippen MR) is 153 cm³/mol. The maximum Gasteiger partial charge on any atom is 0.309 e. The van der Waals surface area contributed by atoms with E-state index in [1.807, 2.05) is 26.2 Å². The molecule has 0 amide bonds. The molecule has 0 aromatic carbocycles. The molecule has 2 saturated heterocycles. The third kappa shape index (κ3) is 9.52. The van der Waals surface area contributed by atoms with E-state index < -0.39 is 37.7 Å². The van der Waals surface area contributed by atoms with Gasteiger partial charge in [0.2, 0.25) is 0 Å². The Bertz CT molecular complexity index is 1110. The van der Waals surface area contributed by atoms with Gasteiger partial charge in [-0.2, -0.15) is 0 Å². The van der Waals surface area contributed by atoms with Crippen molar-refractivity contribution < 1.29 is 38.7 Å². The van der Waals surface area contributed by atoms with Gasteiger partial charge in [-0.1, -0.05) is 20.3 Å². The minimum absolute atomic E-state index is 0.0255. The van der Waals surface area contributed by atoms with Crippen molar-refractivity contribution in [2.24, 2.45) is 17.6 Å². The van der Waals surface area contributed by atoms with Gasteiger partial charge >= 0.3 is 5.97 Å². The summed E-state index contributed by atoms with van der Waals surface area (Å²) in [5, 5.41) is 26.1. The van der Waals surface area contributed by atoms with Gasteiger partial charge in [-0.05, 0) is 44.3 Å². The number of nitrogens with one attached hydrogen (secondary N) is 1.